The van der Waals surface area contributed by atoms with Gasteiger partial charge in [-0.05, 0) is 44.4 Å². The van der Waals surface area contributed by atoms with Crippen LogP contribution in [0.2, 0.25) is 0 Å². The topological polar surface area (TPSA) is 132 Å². The van der Waals surface area contributed by atoms with E-state index in [1.807, 2.05) is 0 Å². The van der Waals surface area contributed by atoms with Crippen molar-refractivity contribution in [2.75, 3.05) is 13.2 Å². The van der Waals surface area contributed by atoms with Crippen LogP contribution >= 0.6 is 0 Å². The lowest BCUT2D eigenvalue weighted by atomic mass is 10.1. The number of aryl methyl sites for hydroxylation is 1. The van der Waals surface area contributed by atoms with Crippen LogP contribution in [0.3, 0.4) is 0 Å². The van der Waals surface area contributed by atoms with Crippen molar-refractivity contribution in [3.05, 3.63) is 52.8 Å². The Morgan fingerprint density at radius 2 is 1.69 bits per heavy atom. The number of H-pyrrole nitrogens is 1. The second-order valence-electron chi connectivity index (χ2n) is 7.53. The molecule has 0 aliphatic rings. The molecule has 2 rings (SSSR count). The Labute approximate surface area is 187 Å². The third-order valence-electron chi connectivity index (χ3n) is 4.80. The first-order valence-electron chi connectivity index (χ1n) is 10.1. The number of sulfonamides is 1. The molecule has 32 heavy (non-hydrogen) atoms. The molecule has 1 heterocycles. The molecule has 0 radical (unpaired) electrons. The van der Waals surface area contributed by atoms with E-state index in [0.29, 0.717) is 11.3 Å². The second kappa shape index (κ2) is 10.6. The van der Waals surface area contributed by atoms with Crippen LogP contribution in [0.4, 0.5) is 0 Å². The number of benzene rings is 1. The summed E-state index contributed by atoms with van der Waals surface area (Å²) in [5.41, 5.74) is 1.25. The fourth-order valence-electron chi connectivity index (χ4n) is 3.13. The van der Waals surface area contributed by atoms with E-state index in [9.17, 15) is 22.8 Å². The maximum absolute atomic E-state index is 12.6. The van der Waals surface area contributed by atoms with Gasteiger partial charge in [-0.1, -0.05) is 32.0 Å². The molecule has 174 valence electrons. The molecule has 9 nitrogen and oxygen atoms in total. The quantitative estimate of drug-likeness (QED) is 0.408. The summed E-state index contributed by atoms with van der Waals surface area (Å²) in [4.78, 5) is 40.2. The first-order valence-corrected chi connectivity index (χ1v) is 11.6. The zero-order chi connectivity index (χ0) is 24.1. The molecule has 0 aliphatic carbocycles. The highest BCUT2D eigenvalue weighted by Gasteiger charge is 2.31. The number of nitrogens with one attached hydrogen (secondary N) is 2. The summed E-state index contributed by atoms with van der Waals surface area (Å²) in [5, 5.41) is 0. The van der Waals surface area contributed by atoms with Crippen molar-refractivity contribution in [1.29, 1.82) is 0 Å². The number of aromatic nitrogens is 1. The molecule has 0 spiro atoms. The molecule has 2 N–H and O–H groups in total. The van der Waals surface area contributed by atoms with Gasteiger partial charge < -0.3 is 14.5 Å². The Morgan fingerprint density at radius 1 is 1.06 bits per heavy atom. The minimum atomic E-state index is -3.96. The molecule has 0 saturated carbocycles. The summed E-state index contributed by atoms with van der Waals surface area (Å²) in [5.74, 6) is -2.41. The molecule has 0 bridgehead atoms. The summed E-state index contributed by atoms with van der Waals surface area (Å²) in [6, 6.07) is 6.45. The predicted octanol–water partition coefficient (Wildman–Crippen LogP) is 2.54. The molecule has 0 aliphatic heterocycles. The number of hydrogen-bond acceptors (Lipinski definition) is 7. The van der Waals surface area contributed by atoms with Crippen LogP contribution in [-0.4, -0.2) is 50.4 Å². The molecular weight excluding hydrogens is 436 g/mol. The van der Waals surface area contributed by atoms with Crippen molar-refractivity contribution in [3.8, 4) is 0 Å². The SMILES string of the molecule is CCOC(=O)c1c(C)[nH]c(C(=O)COC(=O)[C@@H](NS(=O)(=O)c2ccccc2)C(C)C)c1C. The number of aromatic amines is 1. The molecule has 0 fully saturated rings. The number of rotatable bonds is 10. The van der Waals surface area contributed by atoms with Gasteiger partial charge in [-0.3, -0.25) is 9.59 Å². The number of ketones is 1. The van der Waals surface area contributed by atoms with Gasteiger partial charge in [0.25, 0.3) is 0 Å². The van der Waals surface area contributed by atoms with Gasteiger partial charge in [-0.15, -0.1) is 0 Å². The fourth-order valence-corrected chi connectivity index (χ4v) is 4.48. The van der Waals surface area contributed by atoms with Crippen molar-refractivity contribution in [2.24, 2.45) is 5.92 Å². The molecular formula is C22H28N2O7S. The normalized spacial score (nSPS) is 12.4. The predicted molar refractivity (Wildman–Crippen MR) is 117 cm³/mol. The average molecular weight is 465 g/mol. The minimum absolute atomic E-state index is 0.0125. The third-order valence-corrected chi connectivity index (χ3v) is 6.25. The molecule has 0 saturated heterocycles. The minimum Gasteiger partial charge on any atom is -0.462 e. The number of Topliss-reactive ketones (excluding diaryl/α,β-unsaturated/α-hetero) is 1. The van der Waals surface area contributed by atoms with E-state index < -0.39 is 46.3 Å². The van der Waals surface area contributed by atoms with Gasteiger partial charge in [0.2, 0.25) is 15.8 Å². The van der Waals surface area contributed by atoms with Gasteiger partial charge in [-0.2, -0.15) is 4.72 Å². The van der Waals surface area contributed by atoms with Gasteiger partial charge >= 0.3 is 11.9 Å². The van der Waals surface area contributed by atoms with Crippen LogP contribution in [0.25, 0.3) is 0 Å². The summed E-state index contributed by atoms with van der Waals surface area (Å²) < 4.78 is 37.6. The van der Waals surface area contributed by atoms with Crippen LogP contribution in [0, 0.1) is 19.8 Å². The van der Waals surface area contributed by atoms with E-state index in [-0.39, 0.29) is 22.8 Å². The number of ether oxygens (including phenoxy) is 2. The average Bonchev–Trinajstić information content (AvgIpc) is 3.04. The number of esters is 2. The van der Waals surface area contributed by atoms with Crippen LogP contribution in [0.5, 0.6) is 0 Å². The summed E-state index contributed by atoms with van der Waals surface area (Å²) >= 11 is 0. The van der Waals surface area contributed by atoms with E-state index in [0.717, 1.165) is 0 Å². The Hall–Kier alpha value is -2.98. The maximum atomic E-state index is 12.6. The summed E-state index contributed by atoms with van der Waals surface area (Å²) in [7, 11) is -3.96. The molecule has 1 atom stereocenters. The van der Waals surface area contributed by atoms with Crippen molar-refractivity contribution < 1.29 is 32.3 Å². The third kappa shape index (κ3) is 5.83. The smallest absolute Gasteiger partial charge is 0.340 e. The number of hydrogen-bond donors (Lipinski definition) is 2. The summed E-state index contributed by atoms with van der Waals surface area (Å²) in [6.45, 7) is 7.80. The van der Waals surface area contributed by atoms with E-state index in [1.54, 1.807) is 52.8 Å². The van der Waals surface area contributed by atoms with Gasteiger partial charge in [-0.25, -0.2) is 13.2 Å². The van der Waals surface area contributed by atoms with Crippen molar-refractivity contribution >= 4 is 27.7 Å². The van der Waals surface area contributed by atoms with Crippen molar-refractivity contribution in [3.63, 3.8) is 0 Å². The number of carbonyl (C=O) groups is 3. The summed E-state index contributed by atoms with van der Waals surface area (Å²) in [6.07, 6.45) is 0. The Kier molecular flexibility index (Phi) is 8.34. The van der Waals surface area contributed by atoms with Crippen LogP contribution in [0.1, 0.15) is 52.9 Å². The van der Waals surface area contributed by atoms with Crippen LogP contribution in [-0.2, 0) is 24.3 Å². The lowest BCUT2D eigenvalue weighted by molar-refractivity contribution is -0.145. The van der Waals surface area contributed by atoms with Gasteiger partial charge in [0.05, 0.1) is 22.8 Å². The van der Waals surface area contributed by atoms with E-state index >= 15 is 0 Å². The lowest BCUT2D eigenvalue weighted by Gasteiger charge is -2.20. The number of carbonyl (C=O) groups excluding carboxylic acids is 3. The van der Waals surface area contributed by atoms with E-state index in [2.05, 4.69) is 9.71 Å². The molecule has 0 unspecified atom stereocenters. The zero-order valence-electron chi connectivity index (χ0n) is 18.7. The first kappa shape index (κ1) is 25.3. The van der Waals surface area contributed by atoms with Gasteiger partial charge in [0.15, 0.2) is 6.61 Å². The van der Waals surface area contributed by atoms with E-state index in [1.165, 1.54) is 12.1 Å². The molecule has 10 heteroatoms. The molecule has 0 amide bonds. The Bertz CT molecular complexity index is 1090. The molecule has 1 aromatic carbocycles. The van der Waals surface area contributed by atoms with Crippen LogP contribution in [0.15, 0.2) is 35.2 Å². The largest absolute Gasteiger partial charge is 0.462 e. The van der Waals surface area contributed by atoms with Gasteiger partial charge in [0, 0.05) is 5.69 Å². The van der Waals surface area contributed by atoms with Crippen molar-refractivity contribution in [1.82, 2.24) is 9.71 Å². The zero-order valence-corrected chi connectivity index (χ0v) is 19.5. The highest BCUT2D eigenvalue weighted by molar-refractivity contribution is 7.89. The maximum Gasteiger partial charge on any atom is 0.340 e. The fraction of sp³-hybridized carbons (Fsp3) is 0.409. The van der Waals surface area contributed by atoms with Crippen molar-refractivity contribution in [2.45, 2.75) is 45.6 Å². The highest BCUT2D eigenvalue weighted by Crippen LogP contribution is 2.20. The lowest BCUT2D eigenvalue weighted by Crippen LogP contribution is -2.45. The molecule has 1 aromatic heterocycles. The highest BCUT2D eigenvalue weighted by atomic mass is 32.2. The Morgan fingerprint density at radius 3 is 2.25 bits per heavy atom. The molecule has 2 aromatic rings. The standard InChI is InChI=1S/C22H28N2O7S/c1-6-30-21(26)18-14(4)20(23-15(18)5)17(25)12-31-22(27)19(13(2)3)24-32(28,29)16-10-8-7-9-11-16/h7-11,13,19,23-24H,6,12H2,1-5H3/t19-/m0/s1. The van der Waals surface area contributed by atoms with E-state index in [4.69, 9.17) is 9.47 Å². The Balaban J connectivity index is 2.12. The van der Waals surface area contributed by atoms with Gasteiger partial charge in [0.1, 0.15) is 6.04 Å². The first-order chi connectivity index (χ1) is 15.0. The second-order valence-corrected chi connectivity index (χ2v) is 9.25. The van der Waals surface area contributed by atoms with Crippen LogP contribution < -0.4 is 4.72 Å². The monoisotopic (exact) mass is 464 g/mol.